The number of carbonyl (C=O) groups is 4. The van der Waals surface area contributed by atoms with Gasteiger partial charge in [0.15, 0.2) is 5.82 Å². The molecule has 0 bridgehead atoms. The summed E-state index contributed by atoms with van der Waals surface area (Å²) < 4.78 is 33.7. The number of hydrogen-bond acceptors (Lipinski definition) is 13. The van der Waals surface area contributed by atoms with Crippen molar-refractivity contribution in [2.24, 2.45) is 0 Å². The van der Waals surface area contributed by atoms with Gasteiger partial charge in [-0.15, -0.1) is 0 Å². The molecule has 3 fully saturated rings. The van der Waals surface area contributed by atoms with Crippen LogP contribution >= 0.6 is 0 Å². The van der Waals surface area contributed by atoms with E-state index in [4.69, 9.17) is 4.74 Å². The molecule has 0 spiro atoms. The van der Waals surface area contributed by atoms with E-state index in [2.05, 4.69) is 59.3 Å². The highest BCUT2D eigenvalue weighted by molar-refractivity contribution is 7.92. The van der Waals surface area contributed by atoms with Gasteiger partial charge in [-0.05, 0) is 106 Å². The van der Waals surface area contributed by atoms with Crippen LogP contribution in [-0.2, 0) is 32.7 Å². The summed E-state index contributed by atoms with van der Waals surface area (Å²) in [5.74, 6) is 6.29. The molecule has 9 rings (SSSR count). The van der Waals surface area contributed by atoms with Crippen LogP contribution in [0.25, 0.3) is 0 Å². The molecule has 18 heteroatoms. The number of anilines is 5. The molecule has 2 N–H and O–H groups in total. The fourth-order valence-corrected chi connectivity index (χ4v) is 11.7. The Morgan fingerprint density at radius 1 is 0.819 bits per heavy atom. The van der Waals surface area contributed by atoms with Gasteiger partial charge in [0.2, 0.25) is 27.8 Å². The number of rotatable bonds is 17. The number of sulfonamides is 1. The van der Waals surface area contributed by atoms with Crippen LogP contribution in [0.1, 0.15) is 115 Å². The molecule has 5 aliphatic rings. The lowest BCUT2D eigenvalue weighted by atomic mass is 10.0. The van der Waals surface area contributed by atoms with Gasteiger partial charge in [0.05, 0.1) is 36.0 Å². The average molecular weight is 999 g/mol. The van der Waals surface area contributed by atoms with Gasteiger partial charge >= 0.3 is 0 Å². The number of benzene rings is 3. The smallest absolute Gasteiger partial charge is 0.260 e. The van der Waals surface area contributed by atoms with E-state index in [1.165, 1.54) is 36.8 Å². The van der Waals surface area contributed by atoms with Crippen molar-refractivity contribution in [3.63, 3.8) is 0 Å². The van der Waals surface area contributed by atoms with Crippen molar-refractivity contribution in [3.05, 3.63) is 94.7 Å². The highest BCUT2D eigenvalue weighted by Gasteiger charge is 2.40. The zero-order valence-corrected chi connectivity index (χ0v) is 42.5. The first kappa shape index (κ1) is 50.5. The number of piperazine rings is 1. The Morgan fingerprint density at radius 3 is 2.33 bits per heavy atom. The Kier molecular flexibility index (Phi) is 15.8. The predicted molar refractivity (Wildman–Crippen MR) is 277 cm³/mol. The minimum absolute atomic E-state index is 0.0746. The van der Waals surface area contributed by atoms with Gasteiger partial charge in [0, 0.05) is 76.3 Å². The van der Waals surface area contributed by atoms with E-state index in [1.54, 1.807) is 42.3 Å². The fraction of sp³-hybridized carbons (Fsp3) is 0.481. The maximum atomic E-state index is 13.4. The lowest BCUT2D eigenvalue weighted by Crippen LogP contribution is -2.53. The summed E-state index contributed by atoms with van der Waals surface area (Å²) in [5, 5.41) is 5.62. The molecule has 72 heavy (non-hydrogen) atoms. The predicted octanol–water partition coefficient (Wildman–Crippen LogP) is 6.43. The van der Waals surface area contributed by atoms with Gasteiger partial charge < -0.3 is 24.8 Å². The van der Waals surface area contributed by atoms with Crippen molar-refractivity contribution in [1.82, 2.24) is 34.9 Å². The largest absolute Gasteiger partial charge is 0.492 e. The summed E-state index contributed by atoms with van der Waals surface area (Å²) in [5.41, 5.74) is 4.85. The van der Waals surface area contributed by atoms with Gasteiger partial charge in [-0.3, -0.25) is 34.3 Å². The summed E-state index contributed by atoms with van der Waals surface area (Å²) >= 11 is 0. The number of fused-ring (bicyclic) bond motifs is 3. The van der Waals surface area contributed by atoms with E-state index in [0.29, 0.717) is 42.6 Å². The Hall–Kier alpha value is -6.39. The monoisotopic (exact) mass is 998 g/mol. The molecule has 3 aromatic carbocycles. The van der Waals surface area contributed by atoms with Crippen LogP contribution in [0.4, 0.5) is 28.8 Å². The van der Waals surface area contributed by atoms with E-state index in [9.17, 15) is 27.6 Å². The highest BCUT2D eigenvalue weighted by atomic mass is 32.2. The lowest BCUT2D eigenvalue weighted by Gasteiger charge is -2.43. The number of unbranched alkanes of at least 4 members (excludes halogenated alkanes) is 6. The van der Waals surface area contributed by atoms with E-state index in [-0.39, 0.29) is 52.8 Å². The molecular formula is C54H66N10O7S. The fourth-order valence-electron chi connectivity index (χ4n) is 10.7. The SMILES string of the molecule is CCOc1cc(CN2CCC(N3CCN(CCCCCCCCC#Cc4cccc5c4CN(C4CCC(=O)NC4=O)C5=O)CC3)CC2)ccc1Nc1ncc2c(n1)N(S(C)(=O)=O)c1ccccc1C(=O)N2C. The Bertz CT molecular complexity index is 2850. The van der Waals surface area contributed by atoms with Gasteiger partial charge in [0.25, 0.3) is 11.8 Å². The van der Waals surface area contributed by atoms with Crippen LogP contribution < -0.4 is 24.6 Å². The Balaban J connectivity index is 0.670. The number of piperidine rings is 2. The van der Waals surface area contributed by atoms with Crippen LogP contribution in [0.2, 0.25) is 0 Å². The molecule has 1 atom stereocenters. The first-order chi connectivity index (χ1) is 34.9. The summed E-state index contributed by atoms with van der Waals surface area (Å²) in [6.45, 7) is 11.3. The molecule has 1 unspecified atom stereocenters. The van der Waals surface area contributed by atoms with Crippen molar-refractivity contribution < 1.29 is 32.3 Å². The number of carbonyl (C=O) groups excluding carboxylic acids is 4. The van der Waals surface area contributed by atoms with Gasteiger partial charge in [0.1, 0.15) is 17.5 Å². The van der Waals surface area contributed by atoms with E-state index >= 15 is 0 Å². The molecule has 4 aromatic rings. The third kappa shape index (κ3) is 11.4. The van der Waals surface area contributed by atoms with E-state index in [0.717, 1.165) is 112 Å². The minimum atomic E-state index is -3.89. The number of amides is 4. The van der Waals surface area contributed by atoms with Gasteiger partial charge in [-0.25, -0.2) is 17.7 Å². The topological polar surface area (TPSA) is 181 Å². The molecule has 0 aliphatic carbocycles. The first-order valence-corrected chi connectivity index (χ1v) is 27.4. The number of likely N-dealkylation sites (tertiary alicyclic amines) is 1. The third-order valence-electron chi connectivity index (χ3n) is 14.6. The van der Waals surface area contributed by atoms with Crippen LogP contribution in [0, 0.1) is 11.8 Å². The first-order valence-electron chi connectivity index (χ1n) is 25.6. The average Bonchev–Trinajstić information content (AvgIpc) is 3.66. The minimum Gasteiger partial charge on any atom is -0.492 e. The molecule has 380 valence electrons. The highest BCUT2D eigenvalue weighted by Crippen LogP contribution is 2.41. The maximum absolute atomic E-state index is 13.4. The normalized spacial score (nSPS) is 19.0. The van der Waals surface area contributed by atoms with Gasteiger partial charge in [-0.1, -0.05) is 61.8 Å². The van der Waals surface area contributed by atoms with Crippen molar-refractivity contribution in [2.75, 3.05) is 80.2 Å². The molecule has 3 saturated heterocycles. The quantitative estimate of drug-likeness (QED) is 0.0672. The summed E-state index contributed by atoms with van der Waals surface area (Å²) in [6.07, 6.45) is 13.4. The second-order valence-corrected chi connectivity index (χ2v) is 21.3. The molecule has 17 nitrogen and oxygen atoms in total. The van der Waals surface area contributed by atoms with Crippen molar-refractivity contribution in [3.8, 4) is 17.6 Å². The maximum Gasteiger partial charge on any atom is 0.260 e. The number of aromatic nitrogens is 2. The molecule has 0 radical (unpaired) electrons. The zero-order chi connectivity index (χ0) is 50.4. The van der Waals surface area contributed by atoms with E-state index < -0.39 is 22.0 Å². The molecule has 0 saturated carbocycles. The van der Waals surface area contributed by atoms with Crippen molar-refractivity contribution >= 4 is 62.5 Å². The summed E-state index contributed by atoms with van der Waals surface area (Å²) in [6, 6.07) is 18.3. The lowest BCUT2D eigenvalue weighted by molar-refractivity contribution is -0.136. The molecule has 4 amide bonds. The number of imide groups is 1. The molecular weight excluding hydrogens is 933 g/mol. The summed E-state index contributed by atoms with van der Waals surface area (Å²) in [4.78, 5) is 70.5. The van der Waals surface area contributed by atoms with Crippen LogP contribution in [0.3, 0.4) is 0 Å². The third-order valence-corrected chi connectivity index (χ3v) is 15.6. The number of nitrogens with zero attached hydrogens (tertiary/aromatic N) is 8. The van der Waals surface area contributed by atoms with Crippen LogP contribution in [0.5, 0.6) is 5.75 Å². The van der Waals surface area contributed by atoms with Crippen molar-refractivity contribution in [2.45, 2.75) is 103 Å². The zero-order valence-electron chi connectivity index (χ0n) is 41.7. The second kappa shape index (κ2) is 22.6. The number of para-hydroxylation sites is 1. The van der Waals surface area contributed by atoms with Crippen LogP contribution in [-0.4, -0.2) is 139 Å². The van der Waals surface area contributed by atoms with Crippen LogP contribution in [0.15, 0.2) is 66.9 Å². The molecule has 6 heterocycles. The Labute approximate surface area is 423 Å². The standard InChI is InChI=1S/C54H66N10O7S/c1-4-71-48-34-38(21-22-44(48)56-54-55-35-47-50(58-54)64(72(3,69)70)45-20-13-12-18-42(45)52(67)59(47)2)36-61-28-25-40(26-29-61)62-32-30-60(31-33-62)27-14-10-8-6-5-7-9-11-16-39-17-15-19-41-43(39)37-63(53(41)68)46-23-24-49(65)57-51(46)66/h12-13,15,17-22,34-35,40,46H,4-10,14,23-33,36-37H2,1-3H3,(H,55,56,58)(H,57,65,66). The number of ether oxygens (including phenoxy) is 1. The number of nitrogens with one attached hydrogen (secondary N) is 2. The second-order valence-electron chi connectivity index (χ2n) is 19.5. The van der Waals surface area contributed by atoms with E-state index in [1.807, 2.05) is 25.1 Å². The number of hydrogen-bond donors (Lipinski definition) is 2. The summed E-state index contributed by atoms with van der Waals surface area (Å²) in [7, 11) is -2.31. The molecule has 1 aromatic heterocycles. The van der Waals surface area contributed by atoms with Crippen molar-refractivity contribution in [1.29, 1.82) is 0 Å². The van der Waals surface area contributed by atoms with Gasteiger partial charge in [-0.2, -0.15) is 4.98 Å². The Morgan fingerprint density at radius 2 is 1.57 bits per heavy atom. The molecule has 5 aliphatic heterocycles.